The topological polar surface area (TPSA) is 64.7 Å². The number of pyridine rings is 1. The van der Waals surface area contributed by atoms with Crippen molar-refractivity contribution in [1.82, 2.24) is 14.3 Å². The van der Waals surface area contributed by atoms with Gasteiger partial charge in [-0.3, -0.25) is 4.98 Å². The van der Waals surface area contributed by atoms with Crippen molar-refractivity contribution >= 4 is 16.7 Å². The molecule has 13 heavy (non-hydrogen) atoms. The van der Waals surface area contributed by atoms with E-state index in [2.05, 4.69) is 14.3 Å². The van der Waals surface area contributed by atoms with E-state index in [1.165, 1.54) is 11.5 Å². The van der Waals surface area contributed by atoms with Crippen molar-refractivity contribution in [2.75, 3.05) is 5.73 Å². The Kier molecular flexibility index (Phi) is 2.18. The van der Waals surface area contributed by atoms with E-state index >= 15 is 0 Å². The van der Waals surface area contributed by atoms with Crippen LogP contribution in [0.25, 0.3) is 0 Å². The molecular formula is C8H8N4S. The number of aromatic nitrogens is 3. The molecule has 0 unspecified atom stereocenters. The number of nitrogens with zero attached hydrogens (tertiary/aromatic N) is 3. The summed E-state index contributed by atoms with van der Waals surface area (Å²) in [4.78, 5) is 8.00. The third-order valence-corrected chi connectivity index (χ3v) is 2.18. The van der Waals surface area contributed by atoms with Crippen LogP contribution in [0.1, 0.15) is 11.4 Å². The lowest BCUT2D eigenvalue weighted by atomic mass is 10.2. The van der Waals surface area contributed by atoms with Crippen LogP contribution >= 0.6 is 11.5 Å². The van der Waals surface area contributed by atoms with E-state index in [0.29, 0.717) is 5.13 Å². The SMILES string of the molecule is Nc1nc(Cc2ccncc2)ns1. The quantitative estimate of drug-likeness (QED) is 0.774. The average molecular weight is 192 g/mol. The van der Waals surface area contributed by atoms with Gasteiger partial charge in [0.2, 0.25) is 0 Å². The third-order valence-electron chi connectivity index (χ3n) is 1.60. The Labute approximate surface area is 79.6 Å². The van der Waals surface area contributed by atoms with E-state index in [4.69, 9.17) is 5.73 Å². The molecule has 0 aliphatic heterocycles. The highest BCUT2D eigenvalue weighted by Gasteiger charge is 2.01. The summed E-state index contributed by atoms with van der Waals surface area (Å²) in [6.07, 6.45) is 4.23. The molecule has 0 amide bonds. The molecule has 2 heterocycles. The molecule has 2 N–H and O–H groups in total. The van der Waals surface area contributed by atoms with Crippen LogP contribution < -0.4 is 5.73 Å². The van der Waals surface area contributed by atoms with Gasteiger partial charge in [0, 0.05) is 30.3 Å². The van der Waals surface area contributed by atoms with E-state index in [0.717, 1.165) is 17.8 Å². The summed E-state index contributed by atoms with van der Waals surface area (Å²) in [5, 5.41) is 0.518. The number of nitrogen functional groups attached to an aromatic ring is 1. The van der Waals surface area contributed by atoms with Crippen molar-refractivity contribution < 1.29 is 0 Å². The highest BCUT2D eigenvalue weighted by atomic mass is 32.1. The van der Waals surface area contributed by atoms with Crippen molar-refractivity contribution in [2.24, 2.45) is 0 Å². The average Bonchev–Trinajstić information content (AvgIpc) is 2.53. The highest BCUT2D eigenvalue weighted by Crippen LogP contribution is 2.09. The van der Waals surface area contributed by atoms with Gasteiger partial charge in [-0.05, 0) is 17.7 Å². The second-order valence-corrected chi connectivity index (χ2v) is 3.36. The van der Waals surface area contributed by atoms with Gasteiger partial charge in [0.1, 0.15) is 5.82 Å². The van der Waals surface area contributed by atoms with E-state index < -0.39 is 0 Å². The van der Waals surface area contributed by atoms with Crippen molar-refractivity contribution in [2.45, 2.75) is 6.42 Å². The molecule has 0 aliphatic rings. The molecule has 0 spiro atoms. The van der Waals surface area contributed by atoms with Gasteiger partial charge in [0.15, 0.2) is 5.13 Å². The summed E-state index contributed by atoms with van der Waals surface area (Å²) in [5.74, 6) is 0.772. The number of rotatable bonds is 2. The van der Waals surface area contributed by atoms with E-state index in [1.54, 1.807) is 12.4 Å². The van der Waals surface area contributed by atoms with E-state index in [1.807, 2.05) is 12.1 Å². The Balaban J connectivity index is 2.15. The molecule has 0 atom stereocenters. The standard InChI is InChI=1S/C8H8N4S/c9-8-11-7(12-13-8)5-6-1-3-10-4-2-6/h1-4H,5H2,(H2,9,11,12). The maximum absolute atomic E-state index is 5.46. The normalized spacial score (nSPS) is 10.2. The second-order valence-electron chi connectivity index (χ2n) is 2.58. The Morgan fingerprint density at radius 2 is 2.08 bits per heavy atom. The molecule has 2 aromatic heterocycles. The smallest absolute Gasteiger partial charge is 0.199 e. The molecule has 66 valence electrons. The lowest BCUT2D eigenvalue weighted by Gasteiger charge is -1.93. The van der Waals surface area contributed by atoms with Gasteiger partial charge in [0.25, 0.3) is 0 Å². The summed E-state index contributed by atoms with van der Waals surface area (Å²) < 4.78 is 4.10. The fourth-order valence-corrected chi connectivity index (χ4v) is 1.47. The van der Waals surface area contributed by atoms with Gasteiger partial charge in [-0.1, -0.05) is 0 Å². The molecular weight excluding hydrogens is 184 g/mol. The summed E-state index contributed by atoms with van der Waals surface area (Å²) in [6, 6.07) is 3.88. The van der Waals surface area contributed by atoms with E-state index in [9.17, 15) is 0 Å². The van der Waals surface area contributed by atoms with Crippen LogP contribution in [0.5, 0.6) is 0 Å². The zero-order valence-electron chi connectivity index (χ0n) is 6.84. The highest BCUT2D eigenvalue weighted by molar-refractivity contribution is 7.09. The number of anilines is 1. The lowest BCUT2D eigenvalue weighted by molar-refractivity contribution is 1.03. The summed E-state index contributed by atoms with van der Waals surface area (Å²) >= 11 is 1.22. The predicted octanol–water partition coefficient (Wildman–Crippen LogP) is 1.11. The molecule has 0 aromatic carbocycles. The first-order valence-electron chi connectivity index (χ1n) is 3.81. The zero-order valence-corrected chi connectivity index (χ0v) is 7.66. The first-order chi connectivity index (χ1) is 6.34. The van der Waals surface area contributed by atoms with Gasteiger partial charge in [0.05, 0.1) is 0 Å². The largest absolute Gasteiger partial charge is 0.374 e. The molecule has 0 fully saturated rings. The first-order valence-corrected chi connectivity index (χ1v) is 4.59. The predicted molar refractivity (Wildman–Crippen MR) is 51.4 cm³/mol. The number of hydrogen-bond acceptors (Lipinski definition) is 5. The molecule has 4 nitrogen and oxygen atoms in total. The van der Waals surface area contributed by atoms with Crippen LogP contribution in [0.3, 0.4) is 0 Å². The van der Waals surface area contributed by atoms with Crippen LogP contribution in [0.15, 0.2) is 24.5 Å². The van der Waals surface area contributed by atoms with Crippen LogP contribution in [-0.2, 0) is 6.42 Å². The Hall–Kier alpha value is -1.49. The fourth-order valence-electron chi connectivity index (χ4n) is 1.02. The molecule has 2 aromatic rings. The van der Waals surface area contributed by atoms with Gasteiger partial charge in [-0.2, -0.15) is 4.37 Å². The minimum absolute atomic E-state index is 0.518. The molecule has 0 radical (unpaired) electrons. The van der Waals surface area contributed by atoms with Gasteiger partial charge < -0.3 is 5.73 Å². The molecule has 0 saturated heterocycles. The van der Waals surface area contributed by atoms with Crippen LogP contribution in [0, 0.1) is 0 Å². The molecule has 0 bridgehead atoms. The van der Waals surface area contributed by atoms with Crippen LogP contribution in [0.4, 0.5) is 5.13 Å². The first kappa shape index (κ1) is 8.12. The lowest BCUT2D eigenvalue weighted by Crippen LogP contribution is -1.91. The molecule has 5 heteroatoms. The fraction of sp³-hybridized carbons (Fsp3) is 0.125. The Morgan fingerprint density at radius 3 is 2.69 bits per heavy atom. The summed E-state index contributed by atoms with van der Waals surface area (Å²) in [7, 11) is 0. The van der Waals surface area contributed by atoms with Gasteiger partial charge in [-0.15, -0.1) is 0 Å². The van der Waals surface area contributed by atoms with Crippen molar-refractivity contribution in [3.8, 4) is 0 Å². The molecule has 0 aliphatic carbocycles. The molecule has 2 rings (SSSR count). The van der Waals surface area contributed by atoms with Gasteiger partial charge in [-0.25, -0.2) is 4.98 Å². The monoisotopic (exact) mass is 192 g/mol. The van der Waals surface area contributed by atoms with Crippen LogP contribution in [-0.4, -0.2) is 14.3 Å². The minimum Gasteiger partial charge on any atom is -0.374 e. The second kappa shape index (κ2) is 3.49. The summed E-state index contributed by atoms with van der Waals surface area (Å²) in [5.41, 5.74) is 6.61. The number of nitrogens with two attached hydrogens (primary N) is 1. The van der Waals surface area contributed by atoms with E-state index in [-0.39, 0.29) is 0 Å². The maximum atomic E-state index is 5.46. The van der Waals surface area contributed by atoms with Gasteiger partial charge >= 0.3 is 0 Å². The van der Waals surface area contributed by atoms with Crippen molar-refractivity contribution in [3.05, 3.63) is 35.9 Å². The minimum atomic E-state index is 0.518. The third kappa shape index (κ3) is 2.00. The number of hydrogen-bond donors (Lipinski definition) is 1. The Morgan fingerprint density at radius 1 is 1.31 bits per heavy atom. The zero-order chi connectivity index (χ0) is 9.10. The van der Waals surface area contributed by atoms with Crippen molar-refractivity contribution in [3.63, 3.8) is 0 Å². The Bertz CT molecular complexity index is 384. The molecule has 0 saturated carbocycles. The summed E-state index contributed by atoms with van der Waals surface area (Å²) in [6.45, 7) is 0. The van der Waals surface area contributed by atoms with Crippen molar-refractivity contribution in [1.29, 1.82) is 0 Å². The van der Waals surface area contributed by atoms with Crippen LogP contribution in [0.2, 0.25) is 0 Å². The maximum Gasteiger partial charge on any atom is 0.199 e.